The van der Waals surface area contributed by atoms with E-state index >= 15 is 0 Å². The van der Waals surface area contributed by atoms with Crippen LogP contribution in [-0.2, 0) is 16.1 Å². The van der Waals surface area contributed by atoms with E-state index in [1.165, 1.54) is 12.4 Å². The van der Waals surface area contributed by atoms with Gasteiger partial charge in [-0.2, -0.15) is 0 Å². The molecule has 0 aliphatic carbocycles. The number of pyridine rings is 1. The van der Waals surface area contributed by atoms with Gasteiger partial charge in [0.25, 0.3) is 11.5 Å². The van der Waals surface area contributed by atoms with Crippen LogP contribution in [-0.4, -0.2) is 26.5 Å². The molecule has 1 amide bonds. The number of benzene rings is 2. The van der Waals surface area contributed by atoms with Gasteiger partial charge in [0.05, 0.1) is 17.1 Å². The quantitative estimate of drug-likeness (QED) is 0.438. The number of halogens is 1. The van der Waals surface area contributed by atoms with Gasteiger partial charge < -0.3 is 4.74 Å². The third kappa shape index (κ3) is 4.91. The lowest BCUT2D eigenvalue weighted by Gasteiger charge is -2.17. The zero-order valence-electron chi connectivity index (χ0n) is 17.6. The molecule has 9 heteroatoms. The third-order valence-electron chi connectivity index (χ3n) is 5.10. The Labute approximate surface area is 193 Å². The summed E-state index contributed by atoms with van der Waals surface area (Å²) in [7, 11) is 0. The van der Waals surface area contributed by atoms with Crippen LogP contribution in [0.5, 0.6) is 0 Å². The van der Waals surface area contributed by atoms with Crippen LogP contribution in [0.3, 0.4) is 0 Å². The van der Waals surface area contributed by atoms with E-state index in [-0.39, 0.29) is 6.61 Å². The van der Waals surface area contributed by atoms with Crippen molar-refractivity contribution in [1.82, 2.24) is 14.6 Å². The zero-order valence-corrected chi connectivity index (χ0v) is 18.3. The van der Waals surface area contributed by atoms with Crippen molar-refractivity contribution >= 4 is 34.4 Å². The summed E-state index contributed by atoms with van der Waals surface area (Å²) in [6.07, 6.45) is 2.93. The monoisotopic (exact) mass is 462 g/mol. The molecular weight excluding hydrogens is 444 g/mol. The first-order chi connectivity index (χ1) is 15.9. The summed E-state index contributed by atoms with van der Waals surface area (Å²) in [5, 5.41) is 1.14. The molecule has 1 atom stereocenters. The maximum Gasteiger partial charge on any atom is 0.313 e. The van der Waals surface area contributed by atoms with Crippen molar-refractivity contribution in [3.8, 4) is 0 Å². The van der Waals surface area contributed by atoms with E-state index < -0.39 is 23.4 Å². The molecule has 0 spiro atoms. The number of carbonyl (C=O) groups excluding carboxylic acids is 2. The highest BCUT2D eigenvalue weighted by molar-refractivity contribution is 6.30. The number of nitrogens with zero attached hydrogens (tertiary/aromatic N) is 3. The number of nitrogens with one attached hydrogen (secondary N) is 1. The minimum Gasteiger partial charge on any atom is -0.459 e. The van der Waals surface area contributed by atoms with E-state index in [2.05, 4.69) is 15.4 Å². The molecule has 2 aromatic heterocycles. The van der Waals surface area contributed by atoms with Gasteiger partial charge in [-0.1, -0.05) is 29.8 Å². The van der Waals surface area contributed by atoms with Crippen LogP contribution >= 0.6 is 11.6 Å². The molecule has 166 valence electrons. The van der Waals surface area contributed by atoms with Crippen molar-refractivity contribution in [2.75, 3.05) is 5.43 Å². The van der Waals surface area contributed by atoms with Gasteiger partial charge in [0.2, 0.25) is 0 Å². The zero-order chi connectivity index (χ0) is 23.4. The molecule has 4 rings (SSSR count). The summed E-state index contributed by atoms with van der Waals surface area (Å²) in [4.78, 5) is 46.2. The minimum atomic E-state index is -0.717. The molecule has 0 saturated heterocycles. The van der Waals surface area contributed by atoms with Gasteiger partial charge in [-0.25, -0.2) is 14.6 Å². The van der Waals surface area contributed by atoms with Crippen LogP contribution in [0.2, 0.25) is 5.02 Å². The second-order valence-electron chi connectivity index (χ2n) is 7.27. The number of hydrogen-bond acceptors (Lipinski definition) is 6. The SMILES string of the molecule is CC(C(=O)OCc1ccncn1)c1cc(=O)n(NC(=O)c2ccc(Cl)cc2)c2ccccc12. The van der Waals surface area contributed by atoms with E-state index in [1.54, 1.807) is 67.7 Å². The summed E-state index contributed by atoms with van der Waals surface area (Å²) < 4.78 is 6.54. The van der Waals surface area contributed by atoms with Crippen molar-refractivity contribution in [2.24, 2.45) is 0 Å². The number of hydrogen-bond donors (Lipinski definition) is 1. The Morgan fingerprint density at radius 1 is 1.12 bits per heavy atom. The third-order valence-corrected chi connectivity index (χ3v) is 5.35. The smallest absolute Gasteiger partial charge is 0.313 e. The molecule has 2 aromatic carbocycles. The Morgan fingerprint density at radius 3 is 2.61 bits per heavy atom. The average molecular weight is 463 g/mol. The summed E-state index contributed by atoms with van der Waals surface area (Å²) >= 11 is 5.88. The van der Waals surface area contributed by atoms with E-state index in [1.807, 2.05) is 0 Å². The van der Waals surface area contributed by atoms with Crippen molar-refractivity contribution in [3.63, 3.8) is 0 Å². The number of ether oxygens (including phenoxy) is 1. The summed E-state index contributed by atoms with van der Waals surface area (Å²) in [6, 6.07) is 16.3. The molecule has 0 saturated carbocycles. The Morgan fingerprint density at radius 2 is 1.88 bits per heavy atom. The highest BCUT2D eigenvalue weighted by Crippen LogP contribution is 2.25. The number of amides is 1. The number of para-hydroxylation sites is 1. The van der Waals surface area contributed by atoms with Crippen molar-refractivity contribution in [1.29, 1.82) is 0 Å². The molecule has 1 N–H and O–H groups in total. The first-order valence-electron chi connectivity index (χ1n) is 10.1. The van der Waals surface area contributed by atoms with Crippen LogP contribution in [0.4, 0.5) is 0 Å². The van der Waals surface area contributed by atoms with Gasteiger partial charge in [0, 0.05) is 28.2 Å². The molecule has 0 fully saturated rings. The normalized spacial score (nSPS) is 11.7. The molecule has 2 heterocycles. The number of rotatable bonds is 6. The lowest BCUT2D eigenvalue weighted by Crippen LogP contribution is -2.34. The predicted octanol–water partition coefficient (Wildman–Crippen LogP) is 3.68. The van der Waals surface area contributed by atoms with Crippen molar-refractivity contribution in [3.05, 3.63) is 105 Å². The second kappa shape index (κ2) is 9.62. The van der Waals surface area contributed by atoms with Crippen LogP contribution in [0, 0.1) is 0 Å². The molecule has 33 heavy (non-hydrogen) atoms. The fraction of sp³-hybridized carbons (Fsp3) is 0.125. The van der Waals surface area contributed by atoms with Gasteiger partial charge in [-0.3, -0.25) is 19.8 Å². The molecular formula is C24H19ClN4O4. The van der Waals surface area contributed by atoms with E-state index in [0.717, 1.165) is 4.68 Å². The number of fused-ring (bicyclic) bond motifs is 1. The molecule has 0 aliphatic heterocycles. The number of carbonyl (C=O) groups is 2. The lowest BCUT2D eigenvalue weighted by molar-refractivity contribution is -0.146. The van der Waals surface area contributed by atoms with Gasteiger partial charge in [-0.05, 0) is 48.9 Å². The highest BCUT2D eigenvalue weighted by Gasteiger charge is 2.22. The van der Waals surface area contributed by atoms with Crippen molar-refractivity contribution in [2.45, 2.75) is 19.4 Å². The molecule has 0 bridgehead atoms. The van der Waals surface area contributed by atoms with Crippen molar-refractivity contribution < 1.29 is 14.3 Å². The number of aromatic nitrogens is 3. The van der Waals surface area contributed by atoms with Crippen LogP contribution in [0.25, 0.3) is 10.9 Å². The van der Waals surface area contributed by atoms with Gasteiger partial charge in [0.15, 0.2) is 0 Å². The summed E-state index contributed by atoms with van der Waals surface area (Å²) in [5.74, 6) is -1.68. The highest BCUT2D eigenvalue weighted by atomic mass is 35.5. The van der Waals surface area contributed by atoms with Crippen LogP contribution in [0.15, 0.2) is 78.0 Å². The predicted molar refractivity (Wildman–Crippen MR) is 124 cm³/mol. The lowest BCUT2D eigenvalue weighted by atomic mass is 9.97. The topological polar surface area (TPSA) is 103 Å². The Balaban J connectivity index is 1.63. The maximum absolute atomic E-state index is 12.9. The Kier molecular flexibility index (Phi) is 6.46. The molecule has 0 aliphatic rings. The van der Waals surface area contributed by atoms with Gasteiger partial charge in [0.1, 0.15) is 12.9 Å². The fourth-order valence-electron chi connectivity index (χ4n) is 3.35. The largest absolute Gasteiger partial charge is 0.459 e. The van der Waals surface area contributed by atoms with E-state index in [9.17, 15) is 14.4 Å². The first kappa shape index (κ1) is 22.2. The van der Waals surface area contributed by atoms with Crippen LogP contribution in [0.1, 0.15) is 34.5 Å². The number of esters is 1. The van der Waals surface area contributed by atoms with Gasteiger partial charge in [-0.15, -0.1) is 0 Å². The minimum absolute atomic E-state index is 0.00214. The summed E-state index contributed by atoms with van der Waals surface area (Å²) in [5.41, 5.74) is 4.01. The molecule has 8 nitrogen and oxygen atoms in total. The van der Waals surface area contributed by atoms with E-state index in [4.69, 9.17) is 16.3 Å². The van der Waals surface area contributed by atoms with Gasteiger partial charge >= 0.3 is 5.97 Å². The first-order valence-corrected chi connectivity index (χ1v) is 10.4. The molecule has 0 radical (unpaired) electrons. The summed E-state index contributed by atoms with van der Waals surface area (Å²) in [6.45, 7) is 1.66. The second-order valence-corrected chi connectivity index (χ2v) is 7.70. The maximum atomic E-state index is 12.9. The molecule has 4 aromatic rings. The standard InChI is InChI=1S/C24H19ClN4O4/c1-15(24(32)33-13-18-10-11-26-14-27-18)20-12-22(30)29(21-5-3-2-4-19(20)21)28-23(31)16-6-8-17(25)9-7-16/h2-12,14-15H,13H2,1H3,(H,28,31). The van der Waals surface area contributed by atoms with E-state index in [0.29, 0.717) is 32.7 Å². The Hall–Kier alpha value is -4.04. The molecule has 1 unspecified atom stereocenters. The van der Waals surface area contributed by atoms with Crippen LogP contribution < -0.4 is 11.0 Å². The Bertz CT molecular complexity index is 1370. The average Bonchev–Trinajstić information content (AvgIpc) is 2.84. The fourth-order valence-corrected chi connectivity index (χ4v) is 3.47.